The van der Waals surface area contributed by atoms with E-state index in [9.17, 15) is 5.11 Å². The second-order valence-electron chi connectivity index (χ2n) is 3.48. The van der Waals surface area contributed by atoms with Crippen LogP contribution in [0.1, 0.15) is 11.1 Å². The summed E-state index contributed by atoms with van der Waals surface area (Å²) in [6, 6.07) is 8.82. The van der Waals surface area contributed by atoms with Crippen LogP contribution in [0.5, 0.6) is 5.75 Å². The molecular weight excluding hydrogens is 192 g/mol. The molecule has 0 spiro atoms. The molecule has 0 aliphatic rings. The molecule has 0 unspecified atom stereocenters. The van der Waals surface area contributed by atoms with E-state index in [0.29, 0.717) is 5.56 Å². The van der Waals surface area contributed by atoms with Crippen LogP contribution in [0.25, 0.3) is 10.8 Å². The van der Waals surface area contributed by atoms with Crippen LogP contribution in [0.3, 0.4) is 0 Å². The summed E-state index contributed by atoms with van der Waals surface area (Å²) in [7, 11) is 0. The van der Waals surface area contributed by atoms with Gasteiger partial charge in [0.05, 0.1) is 13.2 Å². The lowest BCUT2D eigenvalue weighted by molar-refractivity contribution is 0.276. The Bertz CT molecular complexity index is 491. The van der Waals surface area contributed by atoms with Crippen molar-refractivity contribution in [1.29, 1.82) is 0 Å². The van der Waals surface area contributed by atoms with Gasteiger partial charge in [-0.2, -0.15) is 0 Å². The van der Waals surface area contributed by atoms with Gasteiger partial charge in [-0.15, -0.1) is 0 Å². The summed E-state index contributed by atoms with van der Waals surface area (Å²) in [6.07, 6.45) is 0. The molecule has 0 heterocycles. The predicted molar refractivity (Wildman–Crippen MR) is 57.5 cm³/mol. The quantitative estimate of drug-likeness (QED) is 0.695. The van der Waals surface area contributed by atoms with Crippen LogP contribution in [0.4, 0.5) is 0 Å². The van der Waals surface area contributed by atoms with Gasteiger partial charge < -0.3 is 15.3 Å². The summed E-state index contributed by atoms with van der Waals surface area (Å²) in [5.74, 6) is 0.0988. The third-order valence-electron chi connectivity index (χ3n) is 2.46. The SMILES string of the molecule is OCc1ccc2cc(O)c(CO)cc2c1. The summed E-state index contributed by atoms with van der Waals surface area (Å²) in [4.78, 5) is 0. The highest BCUT2D eigenvalue weighted by Gasteiger charge is 2.03. The van der Waals surface area contributed by atoms with Crippen molar-refractivity contribution < 1.29 is 15.3 Å². The molecule has 0 radical (unpaired) electrons. The van der Waals surface area contributed by atoms with Crippen molar-refractivity contribution in [2.75, 3.05) is 0 Å². The van der Waals surface area contributed by atoms with E-state index in [1.165, 1.54) is 0 Å². The van der Waals surface area contributed by atoms with Crippen LogP contribution in [0.2, 0.25) is 0 Å². The van der Waals surface area contributed by atoms with Gasteiger partial charge in [0.25, 0.3) is 0 Å². The zero-order valence-corrected chi connectivity index (χ0v) is 8.14. The van der Waals surface area contributed by atoms with Crippen LogP contribution in [0.15, 0.2) is 30.3 Å². The number of aliphatic hydroxyl groups is 2. The molecule has 3 heteroatoms. The fourth-order valence-corrected chi connectivity index (χ4v) is 1.61. The lowest BCUT2D eigenvalue weighted by atomic mass is 10.0. The van der Waals surface area contributed by atoms with Crippen molar-refractivity contribution in [2.24, 2.45) is 0 Å². The summed E-state index contributed by atoms with van der Waals surface area (Å²) in [5, 5.41) is 29.3. The van der Waals surface area contributed by atoms with Crippen LogP contribution in [0, 0.1) is 0 Å². The number of hydrogen-bond acceptors (Lipinski definition) is 3. The van der Waals surface area contributed by atoms with E-state index >= 15 is 0 Å². The maximum Gasteiger partial charge on any atom is 0.121 e. The number of benzene rings is 2. The molecule has 0 bridgehead atoms. The zero-order chi connectivity index (χ0) is 10.8. The van der Waals surface area contributed by atoms with E-state index in [-0.39, 0.29) is 19.0 Å². The topological polar surface area (TPSA) is 60.7 Å². The van der Waals surface area contributed by atoms with Gasteiger partial charge >= 0.3 is 0 Å². The number of rotatable bonds is 2. The highest BCUT2D eigenvalue weighted by molar-refractivity contribution is 5.85. The minimum Gasteiger partial charge on any atom is -0.508 e. The predicted octanol–water partition coefficient (Wildman–Crippen LogP) is 1.53. The molecule has 0 fully saturated rings. The zero-order valence-electron chi connectivity index (χ0n) is 8.14. The van der Waals surface area contributed by atoms with E-state index in [4.69, 9.17) is 10.2 Å². The first-order valence-electron chi connectivity index (χ1n) is 4.71. The number of aliphatic hydroxyl groups excluding tert-OH is 2. The van der Waals surface area contributed by atoms with E-state index in [1.807, 2.05) is 12.1 Å². The minimum absolute atomic E-state index is 0.00866. The van der Waals surface area contributed by atoms with Crippen molar-refractivity contribution in [3.63, 3.8) is 0 Å². The first-order chi connectivity index (χ1) is 7.24. The van der Waals surface area contributed by atoms with Crippen molar-refractivity contribution in [3.8, 4) is 5.75 Å². The second-order valence-corrected chi connectivity index (χ2v) is 3.48. The van der Waals surface area contributed by atoms with Gasteiger partial charge in [0, 0.05) is 5.56 Å². The Labute approximate surface area is 87.2 Å². The fourth-order valence-electron chi connectivity index (χ4n) is 1.61. The number of aromatic hydroxyl groups is 1. The molecule has 0 amide bonds. The second kappa shape index (κ2) is 3.88. The van der Waals surface area contributed by atoms with E-state index < -0.39 is 0 Å². The van der Waals surface area contributed by atoms with Gasteiger partial charge in [-0.3, -0.25) is 0 Å². The average Bonchev–Trinajstić information content (AvgIpc) is 2.27. The lowest BCUT2D eigenvalue weighted by Gasteiger charge is -2.05. The van der Waals surface area contributed by atoms with Crippen LogP contribution in [-0.2, 0) is 13.2 Å². The highest BCUT2D eigenvalue weighted by Crippen LogP contribution is 2.25. The van der Waals surface area contributed by atoms with E-state index in [0.717, 1.165) is 16.3 Å². The van der Waals surface area contributed by atoms with Crippen molar-refractivity contribution in [1.82, 2.24) is 0 Å². The largest absolute Gasteiger partial charge is 0.508 e. The molecule has 3 nitrogen and oxygen atoms in total. The molecule has 0 aliphatic heterocycles. The van der Waals surface area contributed by atoms with Gasteiger partial charge in [-0.1, -0.05) is 12.1 Å². The highest BCUT2D eigenvalue weighted by atomic mass is 16.3. The molecule has 2 aromatic rings. The van der Waals surface area contributed by atoms with Crippen molar-refractivity contribution >= 4 is 10.8 Å². The maximum atomic E-state index is 9.53. The number of fused-ring (bicyclic) bond motifs is 1. The Balaban J connectivity index is 2.66. The molecule has 2 rings (SSSR count). The molecule has 3 N–H and O–H groups in total. The maximum absolute atomic E-state index is 9.53. The molecule has 15 heavy (non-hydrogen) atoms. The summed E-state index contributed by atoms with van der Waals surface area (Å²) >= 11 is 0. The van der Waals surface area contributed by atoms with Gasteiger partial charge in [-0.25, -0.2) is 0 Å². The fraction of sp³-hybridized carbons (Fsp3) is 0.167. The number of hydrogen-bond donors (Lipinski definition) is 3. The first kappa shape index (κ1) is 9.96. The van der Waals surface area contributed by atoms with E-state index in [1.54, 1.807) is 18.2 Å². The third kappa shape index (κ3) is 1.79. The smallest absolute Gasteiger partial charge is 0.121 e. The Hall–Kier alpha value is -1.58. The monoisotopic (exact) mass is 204 g/mol. The normalized spacial score (nSPS) is 10.8. The molecule has 2 aromatic carbocycles. The van der Waals surface area contributed by atoms with Crippen molar-refractivity contribution in [2.45, 2.75) is 13.2 Å². The van der Waals surface area contributed by atoms with Crippen molar-refractivity contribution in [3.05, 3.63) is 41.5 Å². The van der Waals surface area contributed by atoms with Crippen LogP contribution >= 0.6 is 0 Å². The molecule has 0 atom stereocenters. The minimum atomic E-state index is -0.189. The van der Waals surface area contributed by atoms with E-state index in [2.05, 4.69) is 0 Å². The van der Waals surface area contributed by atoms with Gasteiger partial charge in [0.15, 0.2) is 0 Å². The van der Waals surface area contributed by atoms with Crippen LogP contribution in [-0.4, -0.2) is 15.3 Å². The summed E-state index contributed by atoms with van der Waals surface area (Å²) < 4.78 is 0. The van der Waals surface area contributed by atoms with Gasteiger partial charge in [0.2, 0.25) is 0 Å². The van der Waals surface area contributed by atoms with Gasteiger partial charge in [0.1, 0.15) is 5.75 Å². The first-order valence-corrected chi connectivity index (χ1v) is 4.71. The van der Waals surface area contributed by atoms with Crippen LogP contribution < -0.4 is 0 Å². The molecule has 0 saturated heterocycles. The Morgan fingerprint density at radius 1 is 0.867 bits per heavy atom. The third-order valence-corrected chi connectivity index (χ3v) is 2.46. The average molecular weight is 204 g/mol. The molecule has 0 saturated carbocycles. The molecule has 0 aromatic heterocycles. The summed E-state index contributed by atoms with van der Waals surface area (Å²) in [6.45, 7) is -0.198. The Kier molecular flexibility index (Phi) is 2.58. The Morgan fingerprint density at radius 2 is 1.67 bits per heavy atom. The summed E-state index contributed by atoms with van der Waals surface area (Å²) in [5.41, 5.74) is 1.31. The van der Waals surface area contributed by atoms with Gasteiger partial charge in [-0.05, 0) is 34.5 Å². The standard InChI is InChI=1S/C12H12O3/c13-6-8-1-2-9-5-12(15)11(7-14)4-10(9)3-8/h1-5,13-15H,6-7H2. The lowest BCUT2D eigenvalue weighted by Crippen LogP contribution is -1.87. The number of phenols is 1. The molecular formula is C12H12O3. The molecule has 0 aliphatic carbocycles. The Morgan fingerprint density at radius 3 is 2.33 bits per heavy atom. The molecule has 78 valence electrons.